The van der Waals surface area contributed by atoms with Crippen molar-refractivity contribution in [1.82, 2.24) is 0 Å². The van der Waals surface area contributed by atoms with Crippen molar-refractivity contribution in [3.8, 4) is 0 Å². The van der Waals surface area contributed by atoms with E-state index in [2.05, 4.69) is 21.1 Å². The highest BCUT2D eigenvalue weighted by molar-refractivity contribution is 5.62. The quantitative estimate of drug-likeness (QED) is 0.554. The van der Waals surface area contributed by atoms with Crippen molar-refractivity contribution >= 4 is 5.97 Å². The van der Waals surface area contributed by atoms with Crippen molar-refractivity contribution in [2.45, 2.75) is 6.92 Å². The average molecular weight is 164 g/mol. The van der Waals surface area contributed by atoms with Crippen LogP contribution in [0, 0.1) is 0 Å². The summed E-state index contributed by atoms with van der Waals surface area (Å²) >= 11 is 0. The number of carboxylic acid groups (broad SMARTS) is 1. The van der Waals surface area contributed by atoms with Gasteiger partial charge >= 0.3 is 0 Å². The number of aliphatic hydroxyl groups is 1. The molecular weight excluding hydrogens is 146 g/mol. The molecule has 0 rings (SSSR count). The minimum atomic E-state index is -0.833. The van der Waals surface area contributed by atoms with E-state index in [0.29, 0.717) is 0 Å². The average Bonchev–Trinajstić information content (AvgIpc) is 1.58. The molecule has 68 valence electrons. The van der Waals surface area contributed by atoms with Crippen LogP contribution >= 0.6 is 0 Å². The van der Waals surface area contributed by atoms with E-state index in [1.54, 1.807) is 0 Å². The van der Waals surface area contributed by atoms with Crippen LogP contribution in [0.5, 0.6) is 0 Å². The first-order valence-corrected chi connectivity index (χ1v) is 3.40. The van der Waals surface area contributed by atoms with E-state index in [1.807, 2.05) is 0 Å². The second kappa shape index (κ2) is 6.12. The third-order valence-corrected chi connectivity index (χ3v) is 0.771. The van der Waals surface area contributed by atoms with E-state index >= 15 is 0 Å². The molecule has 4 heteroatoms. The van der Waals surface area contributed by atoms with Crippen molar-refractivity contribution in [2.24, 2.45) is 0 Å². The van der Waals surface area contributed by atoms with E-state index in [9.17, 15) is 0 Å². The Bertz CT molecular complexity index is 103. The van der Waals surface area contributed by atoms with Crippen molar-refractivity contribution in [3.05, 3.63) is 0 Å². The fourth-order valence-corrected chi connectivity index (χ4v) is 0.300. The summed E-state index contributed by atoms with van der Waals surface area (Å²) in [4.78, 5) is 9.00. The molecule has 4 nitrogen and oxygen atoms in total. The summed E-state index contributed by atoms with van der Waals surface area (Å²) in [5.41, 5.74) is 0. The molecule has 0 unspecified atom stereocenters. The molecule has 0 atom stereocenters. The Morgan fingerprint density at radius 1 is 1.36 bits per heavy atom. The largest absolute Gasteiger partial charge is 0.481 e. The molecule has 0 bridgehead atoms. The van der Waals surface area contributed by atoms with Gasteiger partial charge in [0.15, 0.2) is 0 Å². The first-order valence-electron chi connectivity index (χ1n) is 3.40. The first-order chi connectivity index (χ1) is 4.79. The van der Waals surface area contributed by atoms with Gasteiger partial charge in [-0.05, 0) is 0 Å². The molecule has 0 aromatic heterocycles. The van der Waals surface area contributed by atoms with Crippen molar-refractivity contribution in [2.75, 3.05) is 34.3 Å². The highest BCUT2D eigenvalue weighted by Gasteiger charge is 2.02. The Kier molecular flexibility index (Phi) is 7.24. The van der Waals surface area contributed by atoms with Crippen LogP contribution in [-0.2, 0) is 4.79 Å². The zero-order valence-corrected chi connectivity index (χ0v) is 7.66. The molecule has 0 heterocycles. The van der Waals surface area contributed by atoms with Gasteiger partial charge < -0.3 is 14.7 Å². The van der Waals surface area contributed by atoms with Crippen LogP contribution in [0.3, 0.4) is 0 Å². The number of hydrogen-bond acceptors (Lipinski definition) is 2. The lowest BCUT2D eigenvalue weighted by molar-refractivity contribution is -0.870. The minimum absolute atomic E-state index is 0.281. The highest BCUT2D eigenvalue weighted by Crippen LogP contribution is 1.84. The summed E-state index contributed by atoms with van der Waals surface area (Å²) in [6.07, 6.45) is 0. The molecule has 0 amide bonds. The van der Waals surface area contributed by atoms with Crippen LogP contribution in [0.25, 0.3) is 0 Å². The van der Waals surface area contributed by atoms with Gasteiger partial charge in [0.1, 0.15) is 6.54 Å². The zero-order chi connectivity index (χ0) is 9.49. The number of quaternary nitrogens is 1. The Labute approximate surface area is 67.7 Å². The smallest absolute Gasteiger partial charge is 0.300 e. The number of nitrogens with zero attached hydrogens (tertiary/aromatic N) is 1. The second-order valence-corrected chi connectivity index (χ2v) is 3.26. The summed E-state index contributed by atoms with van der Waals surface area (Å²) in [5.74, 6) is -0.833. The number of carboxylic acids is 1. The number of rotatable bonds is 2. The van der Waals surface area contributed by atoms with E-state index in [1.165, 1.54) is 0 Å². The molecule has 0 aliphatic carbocycles. The summed E-state index contributed by atoms with van der Waals surface area (Å²) in [6, 6.07) is 0. The van der Waals surface area contributed by atoms with Gasteiger partial charge in [-0.1, -0.05) is 0 Å². The molecule has 0 aromatic rings. The number of likely N-dealkylation sites (N-methyl/N-ethyl adjacent to an activating group) is 1. The molecule has 11 heavy (non-hydrogen) atoms. The normalized spacial score (nSPS) is 9.91. The molecule has 2 N–H and O–H groups in total. The summed E-state index contributed by atoms with van der Waals surface area (Å²) < 4.78 is 0.844. The van der Waals surface area contributed by atoms with Crippen molar-refractivity contribution in [3.63, 3.8) is 0 Å². The molecule has 0 saturated carbocycles. The lowest BCUT2D eigenvalue weighted by atomic mass is 10.5. The zero-order valence-electron chi connectivity index (χ0n) is 7.66. The van der Waals surface area contributed by atoms with E-state index in [4.69, 9.17) is 15.0 Å². The molecule has 0 aliphatic rings. The van der Waals surface area contributed by atoms with Crippen LogP contribution in [0.4, 0.5) is 0 Å². The van der Waals surface area contributed by atoms with Gasteiger partial charge in [0.05, 0.1) is 27.7 Å². The fourth-order valence-electron chi connectivity index (χ4n) is 0.300. The fraction of sp³-hybridized carbons (Fsp3) is 0.857. The Hall–Kier alpha value is -0.610. The summed E-state index contributed by atoms with van der Waals surface area (Å²) in [7, 11) is 6.16. The lowest BCUT2D eigenvalue weighted by Crippen LogP contribution is -2.36. The second-order valence-electron chi connectivity index (χ2n) is 3.26. The van der Waals surface area contributed by atoms with Gasteiger partial charge in [0.25, 0.3) is 5.97 Å². The maximum Gasteiger partial charge on any atom is 0.300 e. The molecule has 0 aromatic carbocycles. The number of carbonyl (C=O) groups is 1. The van der Waals surface area contributed by atoms with E-state index in [0.717, 1.165) is 18.0 Å². The lowest BCUT2D eigenvalue weighted by Gasteiger charge is -2.21. The van der Waals surface area contributed by atoms with Gasteiger partial charge in [-0.3, -0.25) is 4.79 Å². The minimum Gasteiger partial charge on any atom is -0.481 e. The van der Waals surface area contributed by atoms with Crippen LogP contribution in [0.15, 0.2) is 0 Å². The van der Waals surface area contributed by atoms with E-state index < -0.39 is 5.97 Å². The predicted molar refractivity (Wildman–Crippen MR) is 43.3 cm³/mol. The van der Waals surface area contributed by atoms with Crippen LogP contribution in [0.1, 0.15) is 6.92 Å². The van der Waals surface area contributed by atoms with E-state index in [-0.39, 0.29) is 6.61 Å². The van der Waals surface area contributed by atoms with Crippen molar-refractivity contribution < 1.29 is 19.5 Å². The molecule has 0 fully saturated rings. The van der Waals surface area contributed by atoms with Gasteiger partial charge in [-0.15, -0.1) is 0 Å². The van der Waals surface area contributed by atoms with Gasteiger partial charge in [0, 0.05) is 6.92 Å². The molecule has 0 radical (unpaired) electrons. The SMILES string of the molecule is CC(=O)O.C[N+](C)(C)CCO. The number of hydrogen-bond donors (Lipinski definition) is 2. The van der Waals surface area contributed by atoms with Gasteiger partial charge in [0.2, 0.25) is 0 Å². The topological polar surface area (TPSA) is 57.5 Å². The maximum atomic E-state index is 9.00. The van der Waals surface area contributed by atoms with Crippen LogP contribution < -0.4 is 0 Å². The molecule has 0 spiro atoms. The first kappa shape index (κ1) is 13.0. The van der Waals surface area contributed by atoms with Crippen LogP contribution in [-0.4, -0.2) is 55.0 Å². The maximum absolute atomic E-state index is 9.00. The third-order valence-electron chi connectivity index (χ3n) is 0.771. The molecule has 0 saturated heterocycles. The Morgan fingerprint density at radius 3 is 1.64 bits per heavy atom. The Morgan fingerprint density at radius 2 is 1.64 bits per heavy atom. The molecule has 0 aliphatic heterocycles. The summed E-state index contributed by atoms with van der Waals surface area (Å²) in [5, 5.41) is 15.8. The standard InChI is InChI=1S/C5H14NO.C2H4O2/c1-6(2,3)4-5-7;1-2(3)4/h7H,4-5H2,1-3H3;1H3,(H,3,4)/q+1;. The van der Waals surface area contributed by atoms with Gasteiger partial charge in [-0.25, -0.2) is 0 Å². The van der Waals surface area contributed by atoms with Gasteiger partial charge in [-0.2, -0.15) is 0 Å². The highest BCUT2D eigenvalue weighted by atomic mass is 16.4. The monoisotopic (exact) mass is 164 g/mol. The number of aliphatic hydroxyl groups excluding tert-OH is 1. The summed E-state index contributed by atoms with van der Waals surface area (Å²) in [6.45, 7) is 2.20. The number of aliphatic carboxylic acids is 1. The third kappa shape index (κ3) is 44.6. The van der Waals surface area contributed by atoms with Crippen LogP contribution in [0.2, 0.25) is 0 Å². The predicted octanol–water partition coefficient (Wildman–Crippen LogP) is -0.224. The Balaban J connectivity index is 0. The molecular formula is C7H18NO3+. The van der Waals surface area contributed by atoms with Crippen molar-refractivity contribution in [1.29, 1.82) is 0 Å².